The molecule has 0 atom stereocenters. The number of piperazine rings is 1. The van der Waals surface area contributed by atoms with Crippen molar-refractivity contribution >= 4 is 22.4 Å². The van der Waals surface area contributed by atoms with Crippen LogP contribution in [0.4, 0.5) is 11.5 Å². The molecule has 7 heteroatoms. The van der Waals surface area contributed by atoms with Crippen LogP contribution in [0.5, 0.6) is 5.75 Å². The molecule has 7 nitrogen and oxygen atoms in total. The van der Waals surface area contributed by atoms with Crippen LogP contribution in [-0.2, 0) is 0 Å². The van der Waals surface area contributed by atoms with Gasteiger partial charge in [-0.2, -0.15) is 0 Å². The molecule has 22 heavy (non-hydrogen) atoms. The van der Waals surface area contributed by atoms with E-state index in [1.54, 1.807) is 13.2 Å². The van der Waals surface area contributed by atoms with Gasteiger partial charge in [-0.1, -0.05) is 0 Å². The lowest BCUT2D eigenvalue weighted by molar-refractivity contribution is -0.384. The molecule has 0 amide bonds. The highest BCUT2D eigenvalue weighted by Gasteiger charge is 2.18. The predicted octanol–water partition coefficient (Wildman–Crippen LogP) is 1.90. The van der Waals surface area contributed by atoms with Crippen LogP contribution in [0.3, 0.4) is 0 Å². The molecule has 0 N–H and O–H groups in total. The first kappa shape index (κ1) is 14.5. The lowest BCUT2D eigenvalue weighted by atomic mass is 10.1. The number of rotatable bonds is 3. The van der Waals surface area contributed by atoms with Crippen LogP contribution in [0, 0.1) is 10.1 Å². The Morgan fingerprint density at radius 1 is 1.23 bits per heavy atom. The maximum absolute atomic E-state index is 10.9. The highest BCUT2D eigenvalue weighted by atomic mass is 16.6. The molecule has 1 aliphatic heterocycles. The van der Waals surface area contributed by atoms with Crippen LogP contribution >= 0.6 is 0 Å². The summed E-state index contributed by atoms with van der Waals surface area (Å²) in [6.07, 6.45) is 0. The van der Waals surface area contributed by atoms with Gasteiger partial charge in [0.2, 0.25) is 0 Å². The summed E-state index contributed by atoms with van der Waals surface area (Å²) in [5.74, 6) is 1.47. The molecule has 0 spiro atoms. The van der Waals surface area contributed by atoms with Crippen molar-refractivity contribution in [3.05, 3.63) is 34.4 Å². The fourth-order valence-electron chi connectivity index (χ4n) is 2.65. The molecule has 0 radical (unpaired) electrons. The van der Waals surface area contributed by atoms with E-state index in [2.05, 4.69) is 21.8 Å². The molecule has 0 unspecified atom stereocenters. The van der Waals surface area contributed by atoms with E-state index in [1.165, 1.54) is 12.1 Å². The van der Waals surface area contributed by atoms with Gasteiger partial charge in [-0.3, -0.25) is 10.1 Å². The molecule has 1 aromatic heterocycles. The van der Waals surface area contributed by atoms with Crippen LogP contribution in [0.25, 0.3) is 10.9 Å². The van der Waals surface area contributed by atoms with Gasteiger partial charge in [-0.15, -0.1) is 0 Å². The topological polar surface area (TPSA) is 71.7 Å². The summed E-state index contributed by atoms with van der Waals surface area (Å²) in [5.41, 5.74) is 0.749. The fourth-order valence-corrected chi connectivity index (χ4v) is 2.65. The Bertz CT molecular complexity index is 711. The van der Waals surface area contributed by atoms with Crippen molar-refractivity contribution in [1.82, 2.24) is 9.88 Å². The Labute approximate surface area is 128 Å². The van der Waals surface area contributed by atoms with E-state index >= 15 is 0 Å². The Kier molecular flexibility index (Phi) is 3.81. The molecular formula is C15H18N4O3. The van der Waals surface area contributed by atoms with Gasteiger partial charge in [0, 0.05) is 49.8 Å². The molecule has 1 saturated heterocycles. The summed E-state index contributed by atoms with van der Waals surface area (Å²) in [5, 5.41) is 11.6. The molecule has 116 valence electrons. The molecule has 1 fully saturated rings. The maximum Gasteiger partial charge on any atom is 0.270 e. The number of non-ortho nitro benzene ring substituents is 1. The first-order valence-electron chi connectivity index (χ1n) is 7.15. The lowest BCUT2D eigenvalue weighted by Crippen LogP contribution is -2.44. The lowest BCUT2D eigenvalue weighted by Gasteiger charge is -2.33. The molecule has 2 aromatic rings. The number of hydrogen-bond acceptors (Lipinski definition) is 6. The van der Waals surface area contributed by atoms with Crippen molar-refractivity contribution in [2.45, 2.75) is 0 Å². The van der Waals surface area contributed by atoms with E-state index in [0.29, 0.717) is 16.7 Å². The maximum atomic E-state index is 10.9. The van der Waals surface area contributed by atoms with Gasteiger partial charge in [0.05, 0.1) is 17.5 Å². The van der Waals surface area contributed by atoms with Crippen LogP contribution in [-0.4, -0.2) is 55.1 Å². The van der Waals surface area contributed by atoms with E-state index in [9.17, 15) is 10.1 Å². The molecule has 0 aliphatic carbocycles. The summed E-state index contributed by atoms with van der Waals surface area (Å²) in [7, 11) is 3.67. The Morgan fingerprint density at radius 2 is 1.95 bits per heavy atom. The zero-order valence-corrected chi connectivity index (χ0v) is 12.7. The Morgan fingerprint density at radius 3 is 2.59 bits per heavy atom. The summed E-state index contributed by atoms with van der Waals surface area (Å²) < 4.78 is 5.42. The van der Waals surface area contributed by atoms with E-state index in [1.807, 2.05) is 6.07 Å². The summed E-state index contributed by atoms with van der Waals surface area (Å²) >= 11 is 0. The van der Waals surface area contributed by atoms with Crippen LogP contribution in [0.15, 0.2) is 24.3 Å². The SMILES string of the molecule is COc1cc(N2CCN(C)CC2)nc2ccc([N+](=O)[O-])cc12. The van der Waals surface area contributed by atoms with Gasteiger partial charge in [0.15, 0.2) is 0 Å². The largest absolute Gasteiger partial charge is 0.496 e. The molecule has 0 saturated carbocycles. The van der Waals surface area contributed by atoms with E-state index in [0.717, 1.165) is 32.0 Å². The number of likely N-dealkylation sites (N-methyl/N-ethyl adjacent to an activating group) is 1. The van der Waals surface area contributed by atoms with Gasteiger partial charge in [-0.25, -0.2) is 4.98 Å². The molecule has 1 aliphatic rings. The van der Waals surface area contributed by atoms with Gasteiger partial charge in [0.25, 0.3) is 5.69 Å². The smallest absolute Gasteiger partial charge is 0.270 e. The number of pyridine rings is 1. The number of fused-ring (bicyclic) bond motifs is 1. The standard InChI is InChI=1S/C15H18N4O3/c1-17-5-7-18(8-6-17)15-10-14(22-2)12-9-11(19(20)21)3-4-13(12)16-15/h3-4,9-10H,5-8H2,1-2H3. The fraction of sp³-hybridized carbons (Fsp3) is 0.400. The number of hydrogen-bond donors (Lipinski definition) is 0. The van der Waals surface area contributed by atoms with Gasteiger partial charge in [-0.05, 0) is 13.1 Å². The molecule has 3 rings (SSSR count). The van der Waals surface area contributed by atoms with Crippen molar-refractivity contribution in [3.63, 3.8) is 0 Å². The summed E-state index contributed by atoms with van der Waals surface area (Å²) in [6.45, 7) is 3.79. The summed E-state index contributed by atoms with van der Waals surface area (Å²) in [4.78, 5) is 19.6. The van der Waals surface area contributed by atoms with Gasteiger partial charge in [0.1, 0.15) is 11.6 Å². The second-order valence-electron chi connectivity index (χ2n) is 5.43. The molecular weight excluding hydrogens is 284 g/mol. The van der Waals surface area contributed by atoms with Crippen LogP contribution in [0.2, 0.25) is 0 Å². The predicted molar refractivity (Wildman–Crippen MR) is 84.7 cm³/mol. The molecule has 1 aromatic carbocycles. The Hall–Kier alpha value is -2.41. The third-order valence-corrected chi connectivity index (χ3v) is 4.00. The van der Waals surface area contributed by atoms with Crippen molar-refractivity contribution in [2.75, 3.05) is 45.2 Å². The average molecular weight is 302 g/mol. The zero-order valence-electron chi connectivity index (χ0n) is 12.7. The second-order valence-corrected chi connectivity index (χ2v) is 5.43. The molecule has 0 bridgehead atoms. The number of aromatic nitrogens is 1. The number of nitro benzene ring substituents is 1. The highest BCUT2D eigenvalue weighted by Crippen LogP contribution is 2.31. The van der Waals surface area contributed by atoms with E-state index < -0.39 is 4.92 Å². The quantitative estimate of drug-likeness (QED) is 0.637. The van der Waals surface area contributed by atoms with Crippen LogP contribution < -0.4 is 9.64 Å². The van der Waals surface area contributed by atoms with E-state index in [-0.39, 0.29) is 5.69 Å². The number of benzene rings is 1. The summed E-state index contributed by atoms with van der Waals surface area (Å²) in [6, 6.07) is 6.52. The van der Waals surface area contributed by atoms with Crippen molar-refractivity contribution in [3.8, 4) is 5.75 Å². The zero-order chi connectivity index (χ0) is 15.7. The molecule has 2 heterocycles. The van der Waals surface area contributed by atoms with E-state index in [4.69, 9.17) is 4.74 Å². The van der Waals surface area contributed by atoms with Gasteiger partial charge >= 0.3 is 0 Å². The second kappa shape index (κ2) is 5.76. The first-order chi connectivity index (χ1) is 10.6. The van der Waals surface area contributed by atoms with Crippen molar-refractivity contribution < 1.29 is 9.66 Å². The third-order valence-electron chi connectivity index (χ3n) is 4.00. The number of ether oxygens (including phenoxy) is 1. The number of anilines is 1. The minimum atomic E-state index is -0.409. The minimum Gasteiger partial charge on any atom is -0.496 e. The number of nitrogens with zero attached hydrogens (tertiary/aromatic N) is 4. The minimum absolute atomic E-state index is 0.0416. The Balaban J connectivity index is 2.03. The normalized spacial score (nSPS) is 16.0. The van der Waals surface area contributed by atoms with Crippen molar-refractivity contribution in [2.24, 2.45) is 0 Å². The van der Waals surface area contributed by atoms with Gasteiger partial charge < -0.3 is 14.5 Å². The monoisotopic (exact) mass is 302 g/mol. The van der Waals surface area contributed by atoms with Crippen molar-refractivity contribution in [1.29, 1.82) is 0 Å². The number of nitro groups is 1. The first-order valence-corrected chi connectivity index (χ1v) is 7.15. The third kappa shape index (κ3) is 2.67. The highest BCUT2D eigenvalue weighted by molar-refractivity contribution is 5.89. The average Bonchev–Trinajstić information content (AvgIpc) is 2.53. The van der Waals surface area contributed by atoms with Crippen LogP contribution in [0.1, 0.15) is 0 Å². The number of methoxy groups -OCH3 is 1.